The van der Waals surface area contributed by atoms with Crippen LogP contribution in [0.3, 0.4) is 0 Å². The van der Waals surface area contributed by atoms with Gasteiger partial charge < -0.3 is 10.4 Å². The van der Waals surface area contributed by atoms with E-state index < -0.39 is 17.9 Å². The summed E-state index contributed by atoms with van der Waals surface area (Å²) in [6.45, 7) is 3.52. The largest absolute Gasteiger partial charge is 0.480 e. The number of amides is 1. The Morgan fingerprint density at radius 1 is 1.44 bits per heavy atom. The van der Waals surface area contributed by atoms with E-state index in [2.05, 4.69) is 11.9 Å². The zero-order valence-corrected chi connectivity index (χ0v) is 10.5. The van der Waals surface area contributed by atoms with Crippen molar-refractivity contribution < 1.29 is 14.7 Å². The summed E-state index contributed by atoms with van der Waals surface area (Å²) in [5.41, 5.74) is 0.268. The first-order valence-corrected chi connectivity index (χ1v) is 5.83. The molecule has 18 heavy (non-hydrogen) atoms. The molecule has 0 saturated carbocycles. The van der Waals surface area contributed by atoms with E-state index in [4.69, 9.17) is 16.7 Å². The van der Waals surface area contributed by atoms with Crippen LogP contribution in [-0.2, 0) is 4.79 Å². The lowest BCUT2D eigenvalue weighted by molar-refractivity contribution is -0.139. The van der Waals surface area contributed by atoms with Crippen LogP contribution in [0.25, 0.3) is 0 Å². The fourth-order valence-electron chi connectivity index (χ4n) is 1.42. The van der Waals surface area contributed by atoms with Crippen LogP contribution in [0, 0.1) is 0 Å². The van der Waals surface area contributed by atoms with Crippen molar-refractivity contribution in [3.8, 4) is 0 Å². The smallest absolute Gasteiger partial charge is 0.326 e. The number of benzene rings is 1. The van der Waals surface area contributed by atoms with Crippen LogP contribution in [-0.4, -0.2) is 23.0 Å². The van der Waals surface area contributed by atoms with Crippen LogP contribution < -0.4 is 5.32 Å². The molecule has 0 aliphatic heterocycles. The minimum Gasteiger partial charge on any atom is -0.480 e. The standard InChI is InChI=1S/C13H14ClNO3/c1-2-3-8-11(13(17)18)15-12(16)9-6-4-5-7-10(9)14/h2,4-7,11H,1,3,8H2,(H,15,16)(H,17,18)/t11-/m1/s1. The van der Waals surface area contributed by atoms with E-state index in [0.29, 0.717) is 17.9 Å². The van der Waals surface area contributed by atoms with E-state index in [-0.39, 0.29) is 5.56 Å². The number of nitrogens with one attached hydrogen (secondary N) is 1. The third kappa shape index (κ3) is 3.89. The molecule has 0 spiro atoms. The molecule has 5 heteroatoms. The van der Waals surface area contributed by atoms with E-state index >= 15 is 0 Å². The molecule has 0 bridgehead atoms. The molecule has 0 heterocycles. The summed E-state index contributed by atoms with van der Waals surface area (Å²) in [4.78, 5) is 22.8. The highest BCUT2D eigenvalue weighted by Crippen LogP contribution is 2.15. The Morgan fingerprint density at radius 2 is 2.11 bits per heavy atom. The summed E-state index contributed by atoms with van der Waals surface area (Å²) in [5, 5.41) is 11.7. The van der Waals surface area contributed by atoms with Crippen molar-refractivity contribution in [2.45, 2.75) is 18.9 Å². The maximum atomic E-state index is 11.9. The summed E-state index contributed by atoms with van der Waals surface area (Å²) in [6, 6.07) is 5.55. The van der Waals surface area contributed by atoms with Crippen molar-refractivity contribution in [1.82, 2.24) is 5.32 Å². The Balaban J connectivity index is 2.75. The minimum atomic E-state index is -1.07. The Labute approximate surface area is 110 Å². The van der Waals surface area contributed by atoms with Crippen LogP contribution in [0.1, 0.15) is 23.2 Å². The van der Waals surface area contributed by atoms with E-state index in [0.717, 1.165) is 0 Å². The number of allylic oxidation sites excluding steroid dienone is 1. The Bertz CT molecular complexity index is 459. The number of hydrogen-bond donors (Lipinski definition) is 2. The summed E-state index contributed by atoms with van der Waals surface area (Å²) in [7, 11) is 0. The monoisotopic (exact) mass is 267 g/mol. The van der Waals surface area contributed by atoms with Gasteiger partial charge in [0.15, 0.2) is 0 Å². The molecule has 1 aromatic rings. The van der Waals surface area contributed by atoms with Gasteiger partial charge in [-0.05, 0) is 25.0 Å². The first-order valence-electron chi connectivity index (χ1n) is 5.45. The van der Waals surface area contributed by atoms with Crippen LogP contribution in [0.2, 0.25) is 5.02 Å². The molecule has 0 aliphatic rings. The molecule has 0 aromatic heterocycles. The van der Waals surface area contributed by atoms with Gasteiger partial charge >= 0.3 is 5.97 Å². The lowest BCUT2D eigenvalue weighted by Crippen LogP contribution is -2.40. The van der Waals surface area contributed by atoms with Crippen molar-refractivity contribution >= 4 is 23.5 Å². The van der Waals surface area contributed by atoms with E-state index in [9.17, 15) is 9.59 Å². The minimum absolute atomic E-state index is 0.268. The molecule has 0 saturated heterocycles. The van der Waals surface area contributed by atoms with Crippen molar-refractivity contribution in [2.24, 2.45) is 0 Å². The summed E-state index contributed by atoms with van der Waals surface area (Å²) >= 11 is 5.86. The molecule has 2 N–H and O–H groups in total. The van der Waals surface area contributed by atoms with Crippen LogP contribution >= 0.6 is 11.6 Å². The predicted molar refractivity (Wildman–Crippen MR) is 69.8 cm³/mol. The third-order valence-electron chi connectivity index (χ3n) is 2.38. The third-order valence-corrected chi connectivity index (χ3v) is 2.71. The molecular weight excluding hydrogens is 254 g/mol. The molecule has 0 unspecified atom stereocenters. The molecule has 1 amide bonds. The lowest BCUT2D eigenvalue weighted by atomic mass is 10.1. The van der Waals surface area contributed by atoms with Gasteiger partial charge in [-0.2, -0.15) is 0 Å². The molecule has 0 radical (unpaired) electrons. The first kappa shape index (κ1) is 14.3. The average Bonchev–Trinajstić information content (AvgIpc) is 2.34. The SMILES string of the molecule is C=CCC[C@@H](NC(=O)c1ccccc1Cl)C(=O)O. The van der Waals surface area contributed by atoms with Gasteiger partial charge in [0.2, 0.25) is 0 Å². The maximum absolute atomic E-state index is 11.9. The summed E-state index contributed by atoms with van der Waals surface area (Å²) in [5.74, 6) is -1.56. The fourth-order valence-corrected chi connectivity index (χ4v) is 1.64. The highest BCUT2D eigenvalue weighted by atomic mass is 35.5. The Hall–Kier alpha value is -1.81. The van der Waals surface area contributed by atoms with Gasteiger partial charge in [-0.25, -0.2) is 4.79 Å². The van der Waals surface area contributed by atoms with Crippen molar-refractivity contribution in [3.63, 3.8) is 0 Å². The Morgan fingerprint density at radius 3 is 2.67 bits per heavy atom. The van der Waals surface area contributed by atoms with Gasteiger partial charge in [0.25, 0.3) is 5.91 Å². The topological polar surface area (TPSA) is 66.4 Å². The highest BCUT2D eigenvalue weighted by molar-refractivity contribution is 6.33. The van der Waals surface area contributed by atoms with Crippen molar-refractivity contribution in [1.29, 1.82) is 0 Å². The summed E-state index contributed by atoms with van der Waals surface area (Å²) < 4.78 is 0. The van der Waals surface area contributed by atoms with Gasteiger partial charge in [0.05, 0.1) is 10.6 Å². The number of carbonyl (C=O) groups is 2. The second-order valence-corrected chi connectivity index (χ2v) is 4.12. The highest BCUT2D eigenvalue weighted by Gasteiger charge is 2.20. The molecule has 4 nitrogen and oxygen atoms in total. The summed E-state index contributed by atoms with van der Waals surface area (Å²) in [6.07, 6.45) is 2.42. The average molecular weight is 268 g/mol. The number of aliphatic carboxylic acids is 1. The molecular formula is C13H14ClNO3. The van der Waals surface area contributed by atoms with Crippen LogP contribution in [0.4, 0.5) is 0 Å². The number of carboxylic acids is 1. The molecule has 1 atom stereocenters. The lowest BCUT2D eigenvalue weighted by Gasteiger charge is -2.14. The van der Waals surface area contributed by atoms with Gasteiger partial charge in [-0.1, -0.05) is 29.8 Å². The second-order valence-electron chi connectivity index (χ2n) is 3.71. The quantitative estimate of drug-likeness (QED) is 0.778. The number of rotatable bonds is 6. The van der Waals surface area contributed by atoms with Gasteiger partial charge in [-0.15, -0.1) is 6.58 Å². The Kier molecular flexibility index (Phi) is 5.39. The molecule has 1 rings (SSSR count). The molecule has 96 valence electrons. The van der Waals surface area contributed by atoms with E-state index in [1.165, 1.54) is 0 Å². The predicted octanol–water partition coefficient (Wildman–Crippen LogP) is 2.49. The molecule has 0 fully saturated rings. The normalized spacial score (nSPS) is 11.6. The zero-order valence-electron chi connectivity index (χ0n) is 9.73. The van der Waals surface area contributed by atoms with Gasteiger partial charge in [0.1, 0.15) is 6.04 Å². The maximum Gasteiger partial charge on any atom is 0.326 e. The van der Waals surface area contributed by atoms with Crippen molar-refractivity contribution in [2.75, 3.05) is 0 Å². The fraction of sp³-hybridized carbons (Fsp3) is 0.231. The molecule has 1 aromatic carbocycles. The van der Waals surface area contributed by atoms with Gasteiger partial charge in [0, 0.05) is 0 Å². The van der Waals surface area contributed by atoms with E-state index in [1.54, 1.807) is 30.3 Å². The second kappa shape index (κ2) is 6.81. The first-order chi connectivity index (χ1) is 8.56. The van der Waals surface area contributed by atoms with Gasteiger partial charge in [-0.3, -0.25) is 4.79 Å². The van der Waals surface area contributed by atoms with E-state index in [1.807, 2.05) is 0 Å². The number of hydrogen-bond acceptors (Lipinski definition) is 2. The van der Waals surface area contributed by atoms with Crippen LogP contribution in [0.15, 0.2) is 36.9 Å². The zero-order chi connectivity index (χ0) is 13.5. The molecule has 0 aliphatic carbocycles. The van der Waals surface area contributed by atoms with Crippen LogP contribution in [0.5, 0.6) is 0 Å². The number of carboxylic acid groups (broad SMARTS) is 1. The number of halogens is 1. The van der Waals surface area contributed by atoms with Crippen molar-refractivity contribution in [3.05, 3.63) is 47.5 Å². The number of carbonyl (C=O) groups excluding carboxylic acids is 1.